The van der Waals surface area contributed by atoms with E-state index in [0.717, 1.165) is 6.07 Å². The average Bonchev–Trinajstić information content (AvgIpc) is 2.87. The van der Waals surface area contributed by atoms with Crippen molar-refractivity contribution in [2.45, 2.75) is 18.2 Å². The second-order valence-corrected chi connectivity index (χ2v) is 10.3. The quantitative estimate of drug-likeness (QED) is 0.156. The first-order chi connectivity index (χ1) is 18.0. The topological polar surface area (TPSA) is 138 Å². The largest absolute Gasteiger partial charge is 0.505 e. The highest BCUT2D eigenvalue weighted by molar-refractivity contribution is 7.85. The number of rotatable bonds is 7. The van der Waals surface area contributed by atoms with E-state index in [1.807, 2.05) is 0 Å². The molecule has 0 bridgehead atoms. The lowest BCUT2D eigenvalue weighted by molar-refractivity contribution is 0.102. The summed E-state index contributed by atoms with van der Waals surface area (Å²) in [4.78, 5) is 12.9. The van der Waals surface area contributed by atoms with E-state index in [9.17, 15) is 22.9 Å². The van der Waals surface area contributed by atoms with Crippen molar-refractivity contribution in [1.29, 1.82) is 0 Å². The Labute approximate surface area is 228 Å². The second-order valence-electron chi connectivity index (χ2n) is 8.08. The summed E-state index contributed by atoms with van der Waals surface area (Å²) in [6.07, 6.45) is 0.269. The summed E-state index contributed by atoms with van der Waals surface area (Å²) in [7, 11) is -3.05. The molecule has 3 N–H and O–H groups in total. The molecule has 196 valence electrons. The number of hydrogen-bond donors (Lipinski definition) is 3. The van der Waals surface area contributed by atoms with Crippen LogP contribution in [0.1, 0.15) is 22.8 Å². The van der Waals surface area contributed by atoms with Crippen molar-refractivity contribution in [2.24, 2.45) is 10.2 Å². The van der Waals surface area contributed by atoms with Crippen LogP contribution in [0, 0.1) is 0 Å². The lowest BCUT2D eigenvalue weighted by atomic mass is 10.0. The molecule has 0 unspecified atom stereocenters. The first-order valence-electron chi connectivity index (χ1n) is 11.1. The highest BCUT2D eigenvalue weighted by atomic mass is 35.5. The minimum absolute atomic E-state index is 0.000666. The van der Waals surface area contributed by atoms with E-state index >= 15 is 0 Å². The SMILES string of the molecule is CCc1cc(N=Nc2c(O)c(C(=O)Nc3cc(Cl)ccc3OC)cc3ccccc23)c(Cl)cc1S(=O)(=O)O. The molecule has 4 rings (SSSR count). The first kappa shape index (κ1) is 27.3. The highest BCUT2D eigenvalue weighted by Gasteiger charge is 2.21. The Bertz CT molecular complexity index is 1710. The molecule has 0 saturated carbocycles. The minimum atomic E-state index is -4.49. The molecule has 0 saturated heterocycles. The number of anilines is 1. The third-order valence-corrected chi connectivity index (χ3v) is 7.17. The molecule has 38 heavy (non-hydrogen) atoms. The molecule has 9 nitrogen and oxygen atoms in total. The van der Waals surface area contributed by atoms with Crippen molar-refractivity contribution in [3.8, 4) is 11.5 Å². The maximum Gasteiger partial charge on any atom is 0.294 e. The van der Waals surface area contributed by atoms with Gasteiger partial charge < -0.3 is 15.2 Å². The lowest BCUT2D eigenvalue weighted by Crippen LogP contribution is -2.13. The number of phenolic OH excluding ortho intramolecular Hbond substituents is 1. The number of carbonyl (C=O) groups is 1. The molecular weight excluding hydrogens is 553 g/mol. The zero-order valence-electron chi connectivity index (χ0n) is 20.1. The Morgan fingerprint density at radius 3 is 2.47 bits per heavy atom. The zero-order chi connectivity index (χ0) is 27.6. The van der Waals surface area contributed by atoms with E-state index in [1.54, 1.807) is 43.3 Å². The van der Waals surface area contributed by atoms with Gasteiger partial charge in [0.1, 0.15) is 17.1 Å². The van der Waals surface area contributed by atoms with Crippen molar-refractivity contribution in [1.82, 2.24) is 0 Å². The smallest absolute Gasteiger partial charge is 0.294 e. The van der Waals surface area contributed by atoms with E-state index < -0.39 is 21.8 Å². The fraction of sp³-hybridized carbons (Fsp3) is 0.115. The minimum Gasteiger partial charge on any atom is -0.505 e. The van der Waals surface area contributed by atoms with Gasteiger partial charge in [-0.2, -0.15) is 8.42 Å². The van der Waals surface area contributed by atoms with E-state index in [0.29, 0.717) is 27.2 Å². The molecule has 0 aromatic heterocycles. The standard InChI is InChI=1S/C26H21Cl2N3O6S/c1-3-14-11-20(19(28)13-23(14)38(34,35)36)30-31-24-17-7-5-4-6-15(17)10-18(25(24)32)26(33)29-21-12-16(27)8-9-22(21)37-2/h4-13,32H,3H2,1-2H3,(H,29,33)(H,34,35,36). The van der Waals surface area contributed by atoms with E-state index in [1.165, 1.54) is 25.3 Å². The van der Waals surface area contributed by atoms with Gasteiger partial charge in [-0.05, 0) is 53.8 Å². The molecule has 12 heteroatoms. The van der Waals surface area contributed by atoms with Crippen molar-refractivity contribution in [3.63, 3.8) is 0 Å². The summed E-state index contributed by atoms with van der Waals surface area (Å²) in [5, 5.41) is 23.5. The number of azo groups is 1. The molecule has 0 spiro atoms. The first-order valence-corrected chi connectivity index (χ1v) is 13.3. The Balaban J connectivity index is 1.81. The molecular formula is C26H21Cl2N3O6S. The number of nitrogens with zero attached hydrogens (tertiary/aromatic N) is 2. The molecule has 4 aromatic carbocycles. The third-order valence-electron chi connectivity index (χ3n) is 5.70. The summed E-state index contributed by atoms with van der Waals surface area (Å²) in [5.41, 5.74) is 0.612. The van der Waals surface area contributed by atoms with Crippen LogP contribution in [0.25, 0.3) is 10.8 Å². The van der Waals surface area contributed by atoms with Crippen molar-refractivity contribution in [3.05, 3.63) is 81.8 Å². The average molecular weight is 574 g/mol. The van der Waals surface area contributed by atoms with Crippen LogP contribution < -0.4 is 10.1 Å². The van der Waals surface area contributed by atoms with Gasteiger partial charge >= 0.3 is 0 Å². The molecule has 4 aromatic rings. The number of methoxy groups -OCH3 is 1. The maximum absolute atomic E-state index is 13.2. The Hall–Kier alpha value is -3.70. The van der Waals surface area contributed by atoms with Crippen LogP contribution in [0.2, 0.25) is 10.0 Å². The number of hydrogen-bond acceptors (Lipinski definition) is 7. The van der Waals surface area contributed by atoms with Crippen LogP contribution in [0.5, 0.6) is 11.5 Å². The Morgan fingerprint density at radius 2 is 1.79 bits per heavy atom. The highest BCUT2D eigenvalue weighted by Crippen LogP contribution is 2.41. The Morgan fingerprint density at radius 1 is 1.05 bits per heavy atom. The number of ether oxygens (including phenoxy) is 1. The maximum atomic E-state index is 13.2. The number of fused-ring (bicyclic) bond motifs is 1. The second kappa shape index (κ2) is 11.0. The molecule has 0 fully saturated rings. The summed E-state index contributed by atoms with van der Waals surface area (Å²) in [6.45, 7) is 1.70. The van der Waals surface area contributed by atoms with Crippen LogP contribution in [0.3, 0.4) is 0 Å². The van der Waals surface area contributed by atoms with Gasteiger partial charge in [0.05, 0.1) is 28.3 Å². The van der Waals surface area contributed by atoms with Crippen LogP contribution in [0.15, 0.2) is 75.8 Å². The van der Waals surface area contributed by atoms with E-state index in [4.69, 9.17) is 27.9 Å². The van der Waals surface area contributed by atoms with E-state index in [-0.39, 0.29) is 38.8 Å². The number of aryl methyl sites for hydroxylation is 1. The molecule has 0 aliphatic carbocycles. The normalized spacial score (nSPS) is 11.7. The monoisotopic (exact) mass is 573 g/mol. The van der Waals surface area contributed by atoms with Crippen molar-refractivity contribution < 1.29 is 27.6 Å². The van der Waals surface area contributed by atoms with Gasteiger partial charge in [-0.3, -0.25) is 9.35 Å². The molecule has 0 aliphatic rings. The molecule has 1 amide bonds. The molecule has 0 heterocycles. The number of benzene rings is 4. The number of carbonyl (C=O) groups excluding carboxylic acids is 1. The number of nitrogens with one attached hydrogen (secondary N) is 1. The van der Waals surface area contributed by atoms with Crippen LogP contribution in [0.4, 0.5) is 17.1 Å². The van der Waals surface area contributed by atoms with Crippen molar-refractivity contribution in [2.75, 3.05) is 12.4 Å². The Kier molecular flexibility index (Phi) is 7.89. The summed E-state index contributed by atoms with van der Waals surface area (Å²) in [6, 6.07) is 15.7. The molecule has 0 aliphatic heterocycles. The van der Waals surface area contributed by atoms with Gasteiger partial charge in [0.15, 0.2) is 5.75 Å². The van der Waals surface area contributed by atoms with Crippen molar-refractivity contribution >= 4 is 67.1 Å². The fourth-order valence-electron chi connectivity index (χ4n) is 3.84. The summed E-state index contributed by atoms with van der Waals surface area (Å²) >= 11 is 12.3. The van der Waals surface area contributed by atoms with Gasteiger partial charge in [0.25, 0.3) is 16.0 Å². The molecule has 0 radical (unpaired) electrons. The van der Waals surface area contributed by atoms with Gasteiger partial charge in [-0.1, -0.05) is 54.4 Å². The van der Waals surface area contributed by atoms with E-state index in [2.05, 4.69) is 15.5 Å². The number of phenols is 1. The zero-order valence-corrected chi connectivity index (χ0v) is 22.4. The van der Waals surface area contributed by atoms with Crippen LogP contribution in [-0.2, 0) is 16.5 Å². The lowest BCUT2D eigenvalue weighted by Gasteiger charge is -2.13. The number of aromatic hydroxyl groups is 1. The summed E-state index contributed by atoms with van der Waals surface area (Å²) in [5.74, 6) is -0.709. The fourth-order valence-corrected chi connectivity index (χ4v) is 5.08. The summed E-state index contributed by atoms with van der Waals surface area (Å²) < 4.78 is 38.2. The van der Waals surface area contributed by atoms with Gasteiger partial charge in [-0.15, -0.1) is 10.2 Å². The van der Waals surface area contributed by atoms with Gasteiger partial charge in [0.2, 0.25) is 0 Å². The van der Waals surface area contributed by atoms with Crippen LogP contribution in [-0.4, -0.2) is 31.1 Å². The number of amides is 1. The van der Waals surface area contributed by atoms with Crippen LogP contribution >= 0.6 is 23.2 Å². The third kappa shape index (κ3) is 5.58. The predicted molar refractivity (Wildman–Crippen MR) is 146 cm³/mol. The van der Waals surface area contributed by atoms with Gasteiger partial charge in [-0.25, -0.2) is 0 Å². The van der Waals surface area contributed by atoms with Gasteiger partial charge in [0, 0.05) is 10.4 Å². The predicted octanol–water partition coefficient (Wildman–Crippen LogP) is 7.34. The number of halogens is 2. The molecule has 0 atom stereocenters.